The number of sulfonamides is 1. The average molecular weight is 447 g/mol. The van der Waals surface area contributed by atoms with Crippen molar-refractivity contribution in [2.75, 3.05) is 0 Å². The largest absolute Gasteiger partial charge is 0.490 e. The number of fused-ring (bicyclic) bond motifs is 2. The Balaban J connectivity index is 1.58. The second kappa shape index (κ2) is 7.45. The molecular formula is C19H18ClF3N2O3S. The minimum Gasteiger partial charge on any atom is -0.490 e. The lowest BCUT2D eigenvalue weighted by Crippen LogP contribution is -2.49. The summed E-state index contributed by atoms with van der Waals surface area (Å²) in [7, 11) is -4.08. The van der Waals surface area contributed by atoms with Crippen LogP contribution in [-0.2, 0) is 16.2 Å². The summed E-state index contributed by atoms with van der Waals surface area (Å²) in [5.74, 6) is 0.660. The highest BCUT2D eigenvalue weighted by atomic mass is 35.5. The first-order chi connectivity index (χ1) is 13.7. The molecule has 29 heavy (non-hydrogen) atoms. The lowest BCUT2D eigenvalue weighted by atomic mass is 10.0. The van der Waals surface area contributed by atoms with E-state index in [0.717, 1.165) is 12.1 Å². The van der Waals surface area contributed by atoms with Gasteiger partial charge in [0, 0.05) is 37.3 Å². The minimum absolute atomic E-state index is 0.155. The van der Waals surface area contributed by atoms with Gasteiger partial charge < -0.3 is 4.74 Å². The van der Waals surface area contributed by atoms with Crippen LogP contribution in [0.3, 0.4) is 0 Å². The number of halogens is 4. The van der Waals surface area contributed by atoms with Crippen molar-refractivity contribution in [3.8, 4) is 5.75 Å². The summed E-state index contributed by atoms with van der Waals surface area (Å²) in [6, 6.07) is 5.58. The number of ether oxygens (including phenoxy) is 1. The molecule has 2 fully saturated rings. The van der Waals surface area contributed by atoms with Crippen LogP contribution in [0.5, 0.6) is 5.75 Å². The normalized spacial score (nSPS) is 25.2. The van der Waals surface area contributed by atoms with E-state index in [1.165, 1.54) is 4.31 Å². The van der Waals surface area contributed by atoms with Gasteiger partial charge in [-0.3, -0.25) is 4.98 Å². The number of benzene rings is 1. The zero-order valence-corrected chi connectivity index (χ0v) is 16.7. The third-order valence-corrected chi connectivity index (χ3v) is 7.72. The van der Waals surface area contributed by atoms with Crippen LogP contribution in [0, 0.1) is 0 Å². The molecule has 2 aliphatic heterocycles. The Bertz CT molecular complexity index is 988. The number of piperidine rings is 1. The zero-order valence-electron chi connectivity index (χ0n) is 15.1. The Hall–Kier alpha value is -1.84. The summed E-state index contributed by atoms with van der Waals surface area (Å²) < 4.78 is 73.2. The number of hydrogen-bond donors (Lipinski definition) is 0. The van der Waals surface area contributed by atoms with Gasteiger partial charge in [-0.25, -0.2) is 8.42 Å². The fraction of sp³-hybridized carbons (Fsp3) is 0.421. The van der Waals surface area contributed by atoms with Gasteiger partial charge in [0.05, 0.1) is 15.5 Å². The molecule has 0 spiro atoms. The summed E-state index contributed by atoms with van der Waals surface area (Å²) in [5, 5.41) is -0.524. The number of rotatable bonds is 4. The number of alkyl halides is 3. The fourth-order valence-electron chi connectivity index (χ4n) is 4.19. The summed E-state index contributed by atoms with van der Waals surface area (Å²) in [4.78, 5) is 3.54. The van der Waals surface area contributed by atoms with Crippen LogP contribution in [0.25, 0.3) is 0 Å². The molecule has 0 saturated carbocycles. The molecule has 3 heterocycles. The highest BCUT2D eigenvalue weighted by Gasteiger charge is 2.48. The molecule has 0 aliphatic carbocycles. The van der Waals surface area contributed by atoms with Crippen molar-refractivity contribution in [2.45, 2.75) is 54.9 Å². The molecular weight excluding hydrogens is 429 g/mol. The highest BCUT2D eigenvalue weighted by Crippen LogP contribution is 2.42. The summed E-state index contributed by atoms with van der Waals surface area (Å²) >= 11 is 5.63. The summed E-state index contributed by atoms with van der Waals surface area (Å²) in [5.41, 5.74) is -1.15. The van der Waals surface area contributed by atoms with Crippen LogP contribution in [-0.4, -0.2) is 35.9 Å². The van der Waals surface area contributed by atoms with E-state index in [2.05, 4.69) is 4.98 Å². The molecule has 0 N–H and O–H groups in total. The molecule has 1 aromatic heterocycles. The van der Waals surface area contributed by atoms with Crippen molar-refractivity contribution >= 4 is 21.6 Å². The van der Waals surface area contributed by atoms with Crippen molar-refractivity contribution in [2.24, 2.45) is 0 Å². The maximum absolute atomic E-state index is 13.2. The van der Waals surface area contributed by atoms with Crippen LogP contribution in [0.2, 0.25) is 5.02 Å². The Labute approximate surface area is 171 Å². The molecule has 4 rings (SSSR count). The molecule has 2 aromatic rings. The van der Waals surface area contributed by atoms with Crippen LogP contribution >= 0.6 is 11.6 Å². The van der Waals surface area contributed by atoms with Gasteiger partial charge in [-0.2, -0.15) is 17.5 Å². The second-order valence-electron chi connectivity index (χ2n) is 7.25. The third-order valence-electron chi connectivity index (χ3n) is 5.39. The van der Waals surface area contributed by atoms with Crippen molar-refractivity contribution in [3.63, 3.8) is 0 Å². The summed E-state index contributed by atoms with van der Waals surface area (Å²) in [6.07, 6.45) is 0.615. The Morgan fingerprint density at radius 2 is 1.69 bits per heavy atom. The van der Waals surface area contributed by atoms with Crippen molar-refractivity contribution in [3.05, 3.63) is 53.3 Å². The molecule has 156 valence electrons. The van der Waals surface area contributed by atoms with Gasteiger partial charge in [-0.05, 0) is 43.2 Å². The number of aromatic nitrogens is 1. The minimum atomic E-state index is -4.73. The molecule has 0 radical (unpaired) electrons. The topological polar surface area (TPSA) is 59.5 Å². The van der Waals surface area contributed by atoms with Crippen LogP contribution in [0.1, 0.15) is 31.2 Å². The Morgan fingerprint density at radius 3 is 2.28 bits per heavy atom. The van der Waals surface area contributed by atoms with E-state index in [4.69, 9.17) is 16.3 Å². The lowest BCUT2D eigenvalue weighted by molar-refractivity contribution is -0.137. The van der Waals surface area contributed by atoms with Crippen LogP contribution in [0.4, 0.5) is 13.2 Å². The molecule has 0 amide bonds. The monoisotopic (exact) mass is 446 g/mol. The van der Waals surface area contributed by atoms with Crippen molar-refractivity contribution in [1.82, 2.24) is 9.29 Å². The molecule has 5 nitrogen and oxygen atoms in total. The Kier molecular flexibility index (Phi) is 5.25. The number of hydrogen-bond acceptors (Lipinski definition) is 4. The number of nitrogens with zero attached hydrogens (tertiary/aromatic N) is 2. The number of pyridine rings is 1. The third kappa shape index (κ3) is 3.95. The van der Waals surface area contributed by atoms with Crippen molar-refractivity contribution in [1.29, 1.82) is 0 Å². The predicted octanol–water partition coefficient (Wildman–Crippen LogP) is 4.52. The van der Waals surface area contributed by atoms with Gasteiger partial charge in [-0.1, -0.05) is 11.6 Å². The predicted molar refractivity (Wildman–Crippen MR) is 100 cm³/mol. The standard InChI is InChI=1S/C19H18ClF3N2O3S/c20-18-4-3-16(11-17(18)19(21,22)23)29(26,27)25-12-1-2-13(25)10-15(9-12)28-14-5-7-24-8-6-14/h3-8,11-13,15H,1-2,9-10H2/t12-,13-/m0/s1. The van der Waals surface area contributed by atoms with E-state index in [0.29, 0.717) is 37.5 Å². The molecule has 2 atom stereocenters. The quantitative estimate of drug-likeness (QED) is 0.693. The maximum Gasteiger partial charge on any atom is 0.417 e. The van der Waals surface area contributed by atoms with E-state index in [1.54, 1.807) is 24.5 Å². The van der Waals surface area contributed by atoms with Gasteiger partial charge in [0.1, 0.15) is 11.9 Å². The smallest absolute Gasteiger partial charge is 0.417 e. The average Bonchev–Trinajstić information content (AvgIpc) is 2.94. The molecule has 2 saturated heterocycles. The first kappa shape index (κ1) is 20.4. The molecule has 10 heteroatoms. The first-order valence-electron chi connectivity index (χ1n) is 9.13. The van der Waals surface area contributed by atoms with Gasteiger partial charge >= 0.3 is 6.18 Å². The molecule has 2 aliphatic rings. The Morgan fingerprint density at radius 1 is 1.07 bits per heavy atom. The fourth-order valence-corrected chi connectivity index (χ4v) is 6.33. The van der Waals surface area contributed by atoms with Gasteiger partial charge in [0.2, 0.25) is 10.0 Å². The van der Waals surface area contributed by atoms with E-state index in [-0.39, 0.29) is 23.1 Å². The molecule has 1 aromatic carbocycles. The molecule has 2 bridgehead atoms. The lowest BCUT2D eigenvalue weighted by Gasteiger charge is -2.37. The highest BCUT2D eigenvalue weighted by molar-refractivity contribution is 7.89. The van der Waals surface area contributed by atoms with Crippen molar-refractivity contribution < 1.29 is 26.3 Å². The van der Waals surface area contributed by atoms with E-state index in [1.807, 2.05) is 0 Å². The van der Waals surface area contributed by atoms with Crippen LogP contribution < -0.4 is 4.74 Å². The van der Waals surface area contributed by atoms with E-state index in [9.17, 15) is 21.6 Å². The van der Waals surface area contributed by atoms with E-state index < -0.39 is 26.8 Å². The van der Waals surface area contributed by atoms with Crippen LogP contribution in [0.15, 0.2) is 47.6 Å². The maximum atomic E-state index is 13.2. The van der Waals surface area contributed by atoms with Gasteiger partial charge in [-0.15, -0.1) is 0 Å². The second-order valence-corrected chi connectivity index (χ2v) is 9.50. The summed E-state index contributed by atoms with van der Waals surface area (Å²) in [6.45, 7) is 0. The van der Waals surface area contributed by atoms with E-state index >= 15 is 0 Å². The molecule has 0 unspecified atom stereocenters. The zero-order chi connectivity index (χ0) is 20.8. The SMILES string of the molecule is O=S(=O)(c1ccc(Cl)c(C(F)(F)F)c1)N1[C@H]2CC[C@H]1CC(Oc1ccncc1)C2. The van der Waals surface area contributed by atoms with Gasteiger partial charge in [0.15, 0.2) is 0 Å². The first-order valence-corrected chi connectivity index (χ1v) is 10.9. The van der Waals surface area contributed by atoms with Gasteiger partial charge in [0.25, 0.3) is 0 Å².